The Morgan fingerprint density at radius 2 is 1.77 bits per heavy atom. The van der Waals surface area contributed by atoms with Gasteiger partial charge in [0.2, 0.25) is 0 Å². The molecule has 5 rings (SSSR count). The van der Waals surface area contributed by atoms with Crippen molar-refractivity contribution in [2.24, 2.45) is 11.8 Å². The molecule has 0 spiro atoms. The molecule has 39 heavy (non-hydrogen) atoms. The van der Waals surface area contributed by atoms with Gasteiger partial charge in [-0.3, -0.25) is 9.78 Å². The van der Waals surface area contributed by atoms with E-state index in [1.165, 1.54) is 24.3 Å². The van der Waals surface area contributed by atoms with E-state index in [1.807, 2.05) is 0 Å². The van der Waals surface area contributed by atoms with Gasteiger partial charge in [-0.25, -0.2) is 17.2 Å². The Labute approximate surface area is 229 Å². The SMILES string of the molecule is Cc1cccc(C(O)C2(O)C3CC[C@H]2CC(S(=O)(=O)c2cc(C(=O)Nc4ccc(F)c(F)c4)ccc2Cl)C3)n1. The first-order chi connectivity index (χ1) is 18.4. The molecule has 2 fully saturated rings. The summed E-state index contributed by atoms with van der Waals surface area (Å²) in [7, 11) is -4.04. The molecule has 1 amide bonds. The minimum atomic E-state index is -4.04. The number of halogens is 3. The maximum Gasteiger partial charge on any atom is 0.255 e. The van der Waals surface area contributed by atoms with Crippen molar-refractivity contribution in [3.63, 3.8) is 0 Å². The molecule has 1 heterocycles. The molecule has 0 radical (unpaired) electrons. The summed E-state index contributed by atoms with van der Waals surface area (Å²) in [6.45, 7) is 1.79. The monoisotopic (exact) mass is 576 g/mol. The van der Waals surface area contributed by atoms with Gasteiger partial charge in [0, 0.05) is 23.0 Å². The van der Waals surface area contributed by atoms with Crippen LogP contribution in [0.1, 0.15) is 53.5 Å². The average molecular weight is 577 g/mol. The number of anilines is 1. The topological polar surface area (TPSA) is 117 Å². The second kappa shape index (κ2) is 10.2. The number of hydrogen-bond donors (Lipinski definition) is 3. The number of rotatable bonds is 6. The van der Waals surface area contributed by atoms with E-state index in [-0.39, 0.29) is 34.0 Å². The maximum absolute atomic E-state index is 13.8. The lowest BCUT2D eigenvalue weighted by Crippen LogP contribution is -2.52. The highest BCUT2D eigenvalue weighted by Gasteiger charge is 2.59. The zero-order chi connectivity index (χ0) is 28.1. The fourth-order valence-corrected chi connectivity index (χ4v) is 8.42. The van der Waals surface area contributed by atoms with Crippen LogP contribution >= 0.6 is 11.6 Å². The van der Waals surface area contributed by atoms with Crippen LogP contribution in [0.15, 0.2) is 59.5 Å². The van der Waals surface area contributed by atoms with E-state index >= 15 is 0 Å². The molecular weight excluding hydrogens is 550 g/mol. The number of nitrogens with zero attached hydrogens (tertiary/aromatic N) is 1. The molecule has 0 aliphatic heterocycles. The zero-order valence-corrected chi connectivity index (χ0v) is 22.5. The first-order valence-electron chi connectivity index (χ1n) is 12.5. The van der Waals surface area contributed by atoms with Crippen LogP contribution in [-0.2, 0) is 9.84 Å². The van der Waals surface area contributed by atoms with E-state index in [9.17, 15) is 32.2 Å². The summed E-state index contributed by atoms with van der Waals surface area (Å²) in [6.07, 6.45) is 0.0751. The molecule has 3 aromatic rings. The lowest BCUT2D eigenvalue weighted by molar-refractivity contribution is -0.145. The van der Waals surface area contributed by atoms with Gasteiger partial charge in [0.25, 0.3) is 5.91 Å². The first-order valence-corrected chi connectivity index (χ1v) is 14.5. The highest BCUT2D eigenvalue weighted by molar-refractivity contribution is 7.92. The number of pyridine rings is 1. The van der Waals surface area contributed by atoms with Gasteiger partial charge >= 0.3 is 0 Å². The van der Waals surface area contributed by atoms with Crippen LogP contribution in [0.25, 0.3) is 0 Å². The molecule has 5 atom stereocenters. The number of aliphatic hydroxyl groups is 2. The number of nitrogens with one attached hydrogen (secondary N) is 1. The zero-order valence-electron chi connectivity index (χ0n) is 20.9. The standard InChI is InChI=1S/C28H27ClF2N2O5S/c1-15-3-2-4-24(32-15)26(34)28(36)17-6-7-18(28)13-20(12-17)39(37,38)25-11-16(5-9-21(25)29)27(35)33-19-8-10-22(30)23(31)14-19/h2-5,8-11,14,17-18,20,26,34,36H,6-7,12-13H2,1H3,(H,33,35)/t17-,18?,20?,26?,28?/m0/s1. The second-order valence-electron chi connectivity index (χ2n) is 10.3. The fourth-order valence-electron chi connectivity index (χ4n) is 6.01. The van der Waals surface area contributed by atoms with Gasteiger partial charge in [-0.05, 0) is 86.9 Å². The van der Waals surface area contributed by atoms with Crippen molar-refractivity contribution in [2.75, 3.05) is 5.32 Å². The van der Waals surface area contributed by atoms with Crippen LogP contribution in [0.4, 0.5) is 14.5 Å². The van der Waals surface area contributed by atoms with Gasteiger partial charge < -0.3 is 15.5 Å². The number of sulfone groups is 1. The highest BCUT2D eigenvalue weighted by atomic mass is 35.5. The third kappa shape index (κ3) is 4.95. The number of benzene rings is 2. The Bertz CT molecular complexity index is 1540. The summed E-state index contributed by atoms with van der Waals surface area (Å²) in [5.41, 5.74) is -0.495. The van der Waals surface area contributed by atoms with Gasteiger partial charge in [0.1, 0.15) is 11.7 Å². The minimum Gasteiger partial charge on any atom is -0.386 e. The van der Waals surface area contributed by atoms with Crippen molar-refractivity contribution < 1.29 is 32.2 Å². The Morgan fingerprint density at radius 3 is 2.41 bits per heavy atom. The molecule has 11 heteroatoms. The number of amides is 1. The quantitative estimate of drug-likeness (QED) is 0.380. The second-order valence-corrected chi connectivity index (χ2v) is 12.9. The smallest absolute Gasteiger partial charge is 0.255 e. The number of fused-ring (bicyclic) bond motifs is 2. The van der Waals surface area contributed by atoms with Crippen LogP contribution in [-0.4, -0.2) is 40.4 Å². The summed E-state index contributed by atoms with van der Waals surface area (Å²) in [5, 5.41) is 24.3. The molecule has 3 N–H and O–H groups in total. The maximum atomic E-state index is 13.8. The summed E-state index contributed by atoms with van der Waals surface area (Å²) in [5.74, 6) is -3.88. The fraction of sp³-hybridized carbons (Fsp3) is 0.357. The number of carbonyl (C=O) groups is 1. The molecular formula is C28H27ClF2N2O5S. The van der Waals surface area contributed by atoms with Gasteiger partial charge in [0.15, 0.2) is 21.5 Å². The molecule has 206 valence electrons. The van der Waals surface area contributed by atoms with Gasteiger partial charge in [-0.2, -0.15) is 0 Å². The molecule has 2 aliphatic carbocycles. The molecule has 0 saturated heterocycles. The average Bonchev–Trinajstić information content (AvgIpc) is 3.05. The number of hydrogen-bond acceptors (Lipinski definition) is 6. The van der Waals surface area contributed by atoms with E-state index in [2.05, 4.69) is 10.3 Å². The number of aromatic nitrogens is 1. The van der Waals surface area contributed by atoms with Gasteiger partial charge in [0.05, 0.1) is 20.9 Å². The normalized spacial score (nSPS) is 25.3. The molecule has 2 aliphatic rings. The van der Waals surface area contributed by atoms with Gasteiger partial charge in [-0.15, -0.1) is 0 Å². The van der Waals surface area contributed by atoms with Crippen LogP contribution in [0.2, 0.25) is 5.02 Å². The molecule has 2 bridgehead atoms. The van der Waals surface area contributed by atoms with Crippen molar-refractivity contribution in [3.8, 4) is 0 Å². The van der Waals surface area contributed by atoms with Crippen molar-refractivity contribution in [1.29, 1.82) is 0 Å². The third-order valence-corrected chi connectivity index (χ3v) is 10.7. The number of aryl methyl sites for hydroxylation is 1. The molecule has 1 aromatic heterocycles. The summed E-state index contributed by atoms with van der Waals surface area (Å²) >= 11 is 6.29. The molecule has 2 aromatic carbocycles. The van der Waals surface area contributed by atoms with E-state index in [0.29, 0.717) is 24.2 Å². The van der Waals surface area contributed by atoms with E-state index in [4.69, 9.17) is 11.6 Å². The van der Waals surface area contributed by atoms with Crippen LogP contribution in [0.3, 0.4) is 0 Å². The molecule has 2 saturated carbocycles. The predicted octanol–water partition coefficient (Wildman–Crippen LogP) is 5.00. The summed E-state index contributed by atoms with van der Waals surface area (Å²) in [4.78, 5) is 16.9. The Kier molecular flexibility index (Phi) is 7.26. The molecule has 4 unspecified atom stereocenters. The van der Waals surface area contributed by atoms with Crippen LogP contribution in [0.5, 0.6) is 0 Å². The van der Waals surface area contributed by atoms with Crippen molar-refractivity contribution >= 4 is 33.0 Å². The van der Waals surface area contributed by atoms with Crippen LogP contribution in [0, 0.1) is 30.4 Å². The van der Waals surface area contributed by atoms with Crippen molar-refractivity contribution in [2.45, 2.75) is 54.5 Å². The van der Waals surface area contributed by atoms with Crippen molar-refractivity contribution in [1.82, 2.24) is 4.98 Å². The van der Waals surface area contributed by atoms with E-state index in [0.717, 1.165) is 12.1 Å². The predicted molar refractivity (Wildman–Crippen MR) is 141 cm³/mol. The third-order valence-electron chi connectivity index (χ3n) is 8.01. The summed E-state index contributed by atoms with van der Waals surface area (Å²) < 4.78 is 54.3. The number of carbonyl (C=O) groups excluding carboxylic acids is 1. The lowest BCUT2D eigenvalue weighted by Gasteiger charge is -2.45. The van der Waals surface area contributed by atoms with E-state index in [1.54, 1.807) is 25.1 Å². The number of aliphatic hydroxyl groups excluding tert-OH is 1. The first kappa shape index (κ1) is 27.6. The van der Waals surface area contributed by atoms with Gasteiger partial charge in [-0.1, -0.05) is 17.7 Å². The van der Waals surface area contributed by atoms with Crippen LogP contribution < -0.4 is 5.32 Å². The minimum absolute atomic E-state index is 0.00283. The Hall–Kier alpha value is -2.92. The summed E-state index contributed by atoms with van der Waals surface area (Å²) in [6, 6.07) is 11.9. The Balaban J connectivity index is 1.39. The van der Waals surface area contributed by atoms with E-state index < -0.39 is 56.2 Å². The molecule has 7 nitrogen and oxygen atoms in total. The Morgan fingerprint density at radius 1 is 1.08 bits per heavy atom. The lowest BCUT2D eigenvalue weighted by atomic mass is 9.70. The van der Waals surface area contributed by atoms with Crippen molar-refractivity contribution in [3.05, 3.63) is 88.2 Å². The highest BCUT2D eigenvalue weighted by Crippen LogP contribution is 2.56. The largest absolute Gasteiger partial charge is 0.386 e.